The van der Waals surface area contributed by atoms with Gasteiger partial charge in [-0.1, -0.05) is 46.3 Å². The van der Waals surface area contributed by atoms with Crippen LogP contribution in [-0.4, -0.2) is 30.5 Å². The topological polar surface area (TPSA) is 41.6 Å². The zero-order chi connectivity index (χ0) is 18.4. The van der Waals surface area contributed by atoms with Crippen LogP contribution in [0.15, 0.2) is 53.0 Å². The Morgan fingerprint density at radius 2 is 2.08 bits per heavy atom. The summed E-state index contributed by atoms with van der Waals surface area (Å²) in [5.74, 6) is 0.781. The Labute approximate surface area is 163 Å². The third kappa shape index (κ3) is 5.08. The van der Waals surface area contributed by atoms with E-state index in [1.807, 2.05) is 31.2 Å². The van der Waals surface area contributed by atoms with Gasteiger partial charge in [-0.3, -0.25) is 9.69 Å². The SMILES string of the molecule is CCOc1ccc(Br)cc1NC(=O)C1CCCN(Cc2ccccc2)C1. The number of carbonyl (C=O) groups is 1. The van der Waals surface area contributed by atoms with E-state index in [-0.39, 0.29) is 11.8 Å². The van der Waals surface area contributed by atoms with Crippen LogP contribution in [0, 0.1) is 5.92 Å². The van der Waals surface area contributed by atoms with Crippen molar-refractivity contribution in [2.75, 3.05) is 25.0 Å². The monoisotopic (exact) mass is 416 g/mol. The van der Waals surface area contributed by atoms with E-state index in [2.05, 4.69) is 50.4 Å². The summed E-state index contributed by atoms with van der Waals surface area (Å²) in [6.07, 6.45) is 1.97. The van der Waals surface area contributed by atoms with E-state index < -0.39 is 0 Å². The summed E-state index contributed by atoms with van der Waals surface area (Å²) in [5.41, 5.74) is 2.02. The van der Waals surface area contributed by atoms with Gasteiger partial charge in [0.1, 0.15) is 5.75 Å². The number of piperidine rings is 1. The first-order valence-corrected chi connectivity index (χ1v) is 9.94. The fraction of sp³-hybridized carbons (Fsp3) is 0.381. The molecule has 0 aliphatic carbocycles. The van der Waals surface area contributed by atoms with Crippen molar-refractivity contribution in [3.8, 4) is 5.75 Å². The highest BCUT2D eigenvalue weighted by atomic mass is 79.9. The molecular formula is C21H25BrN2O2. The maximum atomic E-state index is 12.8. The number of ether oxygens (including phenoxy) is 1. The van der Waals surface area contributed by atoms with Gasteiger partial charge in [0, 0.05) is 17.6 Å². The van der Waals surface area contributed by atoms with Gasteiger partial charge < -0.3 is 10.1 Å². The van der Waals surface area contributed by atoms with Crippen LogP contribution in [0.1, 0.15) is 25.3 Å². The van der Waals surface area contributed by atoms with Gasteiger partial charge in [-0.15, -0.1) is 0 Å². The molecule has 2 aromatic rings. The van der Waals surface area contributed by atoms with E-state index in [4.69, 9.17) is 4.74 Å². The Morgan fingerprint density at radius 3 is 2.85 bits per heavy atom. The first kappa shape index (κ1) is 18.9. The smallest absolute Gasteiger partial charge is 0.228 e. The number of rotatable bonds is 6. The number of hydrogen-bond donors (Lipinski definition) is 1. The minimum Gasteiger partial charge on any atom is -0.492 e. The Bertz CT molecular complexity index is 736. The summed E-state index contributed by atoms with van der Waals surface area (Å²) in [4.78, 5) is 15.2. The van der Waals surface area contributed by atoms with Crippen molar-refractivity contribution in [1.29, 1.82) is 0 Å². The van der Waals surface area contributed by atoms with Crippen LogP contribution < -0.4 is 10.1 Å². The fourth-order valence-electron chi connectivity index (χ4n) is 3.37. The maximum absolute atomic E-state index is 12.8. The van der Waals surface area contributed by atoms with Gasteiger partial charge in [0.2, 0.25) is 5.91 Å². The lowest BCUT2D eigenvalue weighted by Gasteiger charge is -2.32. The van der Waals surface area contributed by atoms with Gasteiger partial charge in [0.25, 0.3) is 0 Å². The average molecular weight is 417 g/mol. The third-order valence-corrected chi connectivity index (χ3v) is 5.12. The molecule has 1 unspecified atom stereocenters. The second kappa shape index (κ2) is 9.19. The van der Waals surface area contributed by atoms with Crippen LogP contribution in [0.2, 0.25) is 0 Å². The molecule has 1 saturated heterocycles. The van der Waals surface area contributed by atoms with Crippen molar-refractivity contribution in [3.05, 3.63) is 58.6 Å². The van der Waals surface area contributed by atoms with E-state index in [0.29, 0.717) is 12.4 Å². The van der Waals surface area contributed by atoms with Gasteiger partial charge >= 0.3 is 0 Å². The molecule has 0 aromatic heterocycles. The summed E-state index contributed by atoms with van der Waals surface area (Å²) in [6.45, 7) is 5.24. The van der Waals surface area contributed by atoms with Crippen LogP contribution in [0.3, 0.4) is 0 Å². The largest absolute Gasteiger partial charge is 0.492 e. The first-order chi connectivity index (χ1) is 12.7. The van der Waals surface area contributed by atoms with Crippen LogP contribution in [0.5, 0.6) is 5.75 Å². The van der Waals surface area contributed by atoms with Crippen molar-refractivity contribution < 1.29 is 9.53 Å². The normalized spacial score (nSPS) is 17.7. The number of anilines is 1. The lowest BCUT2D eigenvalue weighted by molar-refractivity contribution is -0.121. The Kier molecular flexibility index (Phi) is 6.69. The second-order valence-electron chi connectivity index (χ2n) is 6.62. The molecule has 4 nitrogen and oxygen atoms in total. The molecule has 26 heavy (non-hydrogen) atoms. The fourth-order valence-corrected chi connectivity index (χ4v) is 3.73. The maximum Gasteiger partial charge on any atom is 0.228 e. The molecule has 1 aliphatic rings. The van der Waals surface area contributed by atoms with Crippen LogP contribution in [0.25, 0.3) is 0 Å². The third-order valence-electron chi connectivity index (χ3n) is 4.62. The van der Waals surface area contributed by atoms with E-state index in [1.54, 1.807) is 0 Å². The average Bonchev–Trinajstić information content (AvgIpc) is 2.65. The van der Waals surface area contributed by atoms with E-state index >= 15 is 0 Å². The molecule has 5 heteroatoms. The molecule has 1 heterocycles. The highest BCUT2D eigenvalue weighted by Gasteiger charge is 2.26. The molecule has 0 spiro atoms. The van der Waals surface area contributed by atoms with Crippen molar-refractivity contribution >= 4 is 27.5 Å². The summed E-state index contributed by atoms with van der Waals surface area (Å²) in [7, 11) is 0. The molecule has 1 aliphatic heterocycles. The van der Waals surface area contributed by atoms with Gasteiger partial charge in [0.15, 0.2) is 0 Å². The minimum absolute atomic E-state index is 0.000852. The molecule has 3 rings (SSSR count). The number of hydrogen-bond acceptors (Lipinski definition) is 3. The van der Waals surface area contributed by atoms with Crippen LogP contribution >= 0.6 is 15.9 Å². The lowest BCUT2D eigenvalue weighted by Crippen LogP contribution is -2.40. The Morgan fingerprint density at radius 1 is 1.27 bits per heavy atom. The number of benzene rings is 2. The predicted octanol–water partition coefficient (Wildman–Crippen LogP) is 4.70. The van der Waals surface area contributed by atoms with E-state index in [0.717, 1.165) is 42.6 Å². The highest BCUT2D eigenvalue weighted by molar-refractivity contribution is 9.10. The van der Waals surface area contributed by atoms with Gasteiger partial charge in [0.05, 0.1) is 18.2 Å². The number of carbonyl (C=O) groups excluding carboxylic acids is 1. The number of likely N-dealkylation sites (tertiary alicyclic amines) is 1. The quantitative estimate of drug-likeness (QED) is 0.741. The Hall–Kier alpha value is -1.85. The number of nitrogens with zero attached hydrogens (tertiary/aromatic N) is 1. The molecular weight excluding hydrogens is 392 g/mol. The van der Waals surface area contributed by atoms with Gasteiger partial charge in [-0.2, -0.15) is 0 Å². The lowest BCUT2D eigenvalue weighted by atomic mass is 9.96. The standard InChI is InChI=1S/C21H25BrN2O2/c1-2-26-20-11-10-18(22)13-19(20)23-21(25)17-9-6-12-24(15-17)14-16-7-4-3-5-8-16/h3-5,7-8,10-11,13,17H,2,6,9,12,14-15H2,1H3,(H,23,25). The molecule has 0 saturated carbocycles. The van der Waals surface area contributed by atoms with Crippen molar-refractivity contribution in [2.24, 2.45) is 5.92 Å². The molecule has 1 N–H and O–H groups in total. The van der Waals surface area contributed by atoms with Gasteiger partial charge in [-0.05, 0) is 50.1 Å². The second-order valence-corrected chi connectivity index (χ2v) is 7.54. The molecule has 0 bridgehead atoms. The van der Waals surface area contributed by atoms with Crippen molar-refractivity contribution in [1.82, 2.24) is 4.90 Å². The van der Waals surface area contributed by atoms with Crippen molar-refractivity contribution in [3.63, 3.8) is 0 Å². The Balaban J connectivity index is 1.63. The number of nitrogens with one attached hydrogen (secondary N) is 1. The van der Waals surface area contributed by atoms with E-state index in [9.17, 15) is 4.79 Å². The summed E-state index contributed by atoms with van der Waals surface area (Å²) < 4.78 is 6.56. The van der Waals surface area contributed by atoms with Crippen LogP contribution in [-0.2, 0) is 11.3 Å². The summed E-state index contributed by atoms with van der Waals surface area (Å²) in [5, 5.41) is 3.07. The molecule has 1 atom stereocenters. The molecule has 0 radical (unpaired) electrons. The zero-order valence-electron chi connectivity index (χ0n) is 15.1. The summed E-state index contributed by atoms with van der Waals surface area (Å²) >= 11 is 3.46. The van der Waals surface area contributed by atoms with Gasteiger partial charge in [-0.25, -0.2) is 0 Å². The number of amides is 1. The molecule has 1 amide bonds. The number of halogens is 1. The van der Waals surface area contributed by atoms with E-state index in [1.165, 1.54) is 5.56 Å². The van der Waals surface area contributed by atoms with Crippen LogP contribution in [0.4, 0.5) is 5.69 Å². The summed E-state index contributed by atoms with van der Waals surface area (Å²) in [6, 6.07) is 16.1. The predicted molar refractivity (Wildman–Crippen MR) is 108 cm³/mol. The highest BCUT2D eigenvalue weighted by Crippen LogP contribution is 2.29. The molecule has 138 valence electrons. The minimum atomic E-state index is 0.000852. The first-order valence-electron chi connectivity index (χ1n) is 9.15. The molecule has 1 fully saturated rings. The molecule has 2 aromatic carbocycles. The zero-order valence-corrected chi connectivity index (χ0v) is 16.7. The van der Waals surface area contributed by atoms with Crippen molar-refractivity contribution in [2.45, 2.75) is 26.3 Å².